The fourth-order valence-corrected chi connectivity index (χ4v) is 4.41. The third-order valence-electron chi connectivity index (χ3n) is 3.91. The van der Waals surface area contributed by atoms with E-state index in [1.807, 2.05) is 29.0 Å². The van der Waals surface area contributed by atoms with E-state index in [1.165, 1.54) is 11.1 Å². The Morgan fingerprint density at radius 3 is 2.77 bits per heavy atom. The van der Waals surface area contributed by atoms with Crippen molar-refractivity contribution in [3.63, 3.8) is 0 Å². The number of aromatic nitrogens is 1. The molecule has 116 valence electrons. The van der Waals surface area contributed by atoms with Crippen LogP contribution in [0.4, 0.5) is 0 Å². The Balaban J connectivity index is 1.77. The lowest BCUT2D eigenvalue weighted by atomic mass is 10.0. The van der Waals surface area contributed by atoms with Crippen molar-refractivity contribution in [2.24, 2.45) is 0 Å². The molecule has 1 aliphatic rings. The zero-order valence-corrected chi connectivity index (χ0v) is 14.5. The molecule has 0 radical (unpaired) electrons. The summed E-state index contributed by atoms with van der Waals surface area (Å²) in [5, 5.41) is 3.01. The van der Waals surface area contributed by atoms with Gasteiger partial charge in [-0.3, -0.25) is 4.79 Å². The minimum Gasteiger partial charge on any atom is -0.334 e. The van der Waals surface area contributed by atoms with Crippen molar-refractivity contribution in [3.05, 3.63) is 51.5 Å². The van der Waals surface area contributed by atoms with Gasteiger partial charge in [0.05, 0.1) is 23.2 Å². The number of benzene rings is 1. The SMILES string of the molecule is Cc1ccc(C2CSCCN2C(=O)Cc2csc(C)n2)cc1. The highest BCUT2D eigenvalue weighted by Crippen LogP contribution is 2.30. The van der Waals surface area contributed by atoms with Crippen LogP contribution in [0.25, 0.3) is 0 Å². The Morgan fingerprint density at radius 2 is 2.09 bits per heavy atom. The Labute approximate surface area is 139 Å². The lowest BCUT2D eigenvalue weighted by Gasteiger charge is -2.35. The molecule has 2 aromatic rings. The van der Waals surface area contributed by atoms with Gasteiger partial charge in [0.2, 0.25) is 5.91 Å². The molecule has 0 spiro atoms. The highest BCUT2D eigenvalue weighted by Gasteiger charge is 2.28. The van der Waals surface area contributed by atoms with Gasteiger partial charge in [0.25, 0.3) is 0 Å². The number of aryl methyl sites for hydroxylation is 2. The normalized spacial score (nSPS) is 18.5. The number of rotatable bonds is 3. The van der Waals surface area contributed by atoms with E-state index in [0.717, 1.165) is 28.8 Å². The molecule has 1 amide bonds. The van der Waals surface area contributed by atoms with Crippen molar-refractivity contribution >= 4 is 29.0 Å². The Kier molecular flexibility index (Phi) is 4.84. The summed E-state index contributed by atoms with van der Waals surface area (Å²) >= 11 is 3.53. The van der Waals surface area contributed by atoms with Crippen molar-refractivity contribution in [2.75, 3.05) is 18.1 Å². The molecule has 1 saturated heterocycles. The highest BCUT2D eigenvalue weighted by atomic mass is 32.2. The van der Waals surface area contributed by atoms with Gasteiger partial charge in [-0.05, 0) is 19.4 Å². The molecule has 0 bridgehead atoms. The molecule has 1 fully saturated rings. The maximum atomic E-state index is 12.7. The van der Waals surface area contributed by atoms with Crippen LogP contribution in [0, 0.1) is 13.8 Å². The van der Waals surface area contributed by atoms with Crippen molar-refractivity contribution < 1.29 is 4.79 Å². The summed E-state index contributed by atoms with van der Waals surface area (Å²) in [5.74, 6) is 2.19. The first kappa shape index (κ1) is 15.6. The summed E-state index contributed by atoms with van der Waals surface area (Å²) in [6.45, 7) is 4.89. The van der Waals surface area contributed by atoms with E-state index in [2.05, 4.69) is 36.2 Å². The van der Waals surface area contributed by atoms with Crippen LogP contribution in [0.5, 0.6) is 0 Å². The molecule has 1 atom stereocenters. The van der Waals surface area contributed by atoms with E-state index < -0.39 is 0 Å². The van der Waals surface area contributed by atoms with Crippen molar-refractivity contribution in [3.8, 4) is 0 Å². The average molecular weight is 332 g/mol. The van der Waals surface area contributed by atoms with Crippen LogP contribution in [0.15, 0.2) is 29.6 Å². The van der Waals surface area contributed by atoms with E-state index in [1.54, 1.807) is 11.3 Å². The van der Waals surface area contributed by atoms with Crippen LogP contribution >= 0.6 is 23.1 Å². The first-order valence-corrected chi connectivity index (χ1v) is 9.51. The summed E-state index contributed by atoms with van der Waals surface area (Å²) in [5.41, 5.74) is 3.39. The molecule has 3 nitrogen and oxygen atoms in total. The molecule has 22 heavy (non-hydrogen) atoms. The predicted molar refractivity (Wildman–Crippen MR) is 93.5 cm³/mol. The topological polar surface area (TPSA) is 33.2 Å². The van der Waals surface area contributed by atoms with E-state index in [9.17, 15) is 4.79 Å². The highest BCUT2D eigenvalue weighted by molar-refractivity contribution is 7.99. The van der Waals surface area contributed by atoms with Crippen LogP contribution in [0.2, 0.25) is 0 Å². The summed E-state index contributed by atoms with van der Waals surface area (Å²) in [6, 6.07) is 8.74. The third-order valence-corrected chi connectivity index (χ3v) is 5.75. The Hall–Kier alpha value is -1.33. The van der Waals surface area contributed by atoms with Gasteiger partial charge in [0.1, 0.15) is 0 Å². The number of hydrogen-bond acceptors (Lipinski definition) is 4. The summed E-state index contributed by atoms with van der Waals surface area (Å²) in [7, 11) is 0. The number of carbonyl (C=O) groups is 1. The first-order chi connectivity index (χ1) is 10.6. The van der Waals surface area contributed by atoms with Gasteiger partial charge in [-0.25, -0.2) is 4.98 Å². The van der Waals surface area contributed by atoms with Crippen LogP contribution in [-0.2, 0) is 11.2 Å². The van der Waals surface area contributed by atoms with Crippen molar-refractivity contribution in [1.82, 2.24) is 9.88 Å². The second-order valence-corrected chi connectivity index (χ2v) is 7.84. The monoisotopic (exact) mass is 332 g/mol. The number of nitrogens with zero attached hydrogens (tertiary/aromatic N) is 2. The molecule has 1 aromatic heterocycles. The minimum atomic E-state index is 0.187. The lowest BCUT2D eigenvalue weighted by Crippen LogP contribution is -2.41. The number of hydrogen-bond donors (Lipinski definition) is 0. The molecular formula is C17H20N2OS2. The second-order valence-electron chi connectivity index (χ2n) is 5.62. The van der Waals surface area contributed by atoms with Gasteiger partial charge in [0, 0.05) is 23.4 Å². The van der Waals surface area contributed by atoms with Gasteiger partial charge >= 0.3 is 0 Å². The van der Waals surface area contributed by atoms with Gasteiger partial charge in [-0.2, -0.15) is 11.8 Å². The van der Waals surface area contributed by atoms with E-state index >= 15 is 0 Å². The largest absolute Gasteiger partial charge is 0.334 e. The van der Waals surface area contributed by atoms with Crippen molar-refractivity contribution in [1.29, 1.82) is 0 Å². The summed E-state index contributed by atoms with van der Waals surface area (Å²) in [6.07, 6.45) is 0.414. The molecule has 0 aliphatic carbocycles. The molecule has 0 N–H and O–H groups in total. The predicted octanol–water partition coefficient (Wildman–Crippen LogP) is 3.62. The Morgan fingerprint density at radius 1 is 1.32 bits per heavy atom. The summed E-state index contributed by atoms with van der Waals surface area (Å²) < 4.78 is 0. The van der Waals surface area contributed by atoms with Crippen molar-refractivity contribution in [2.45, 2.75) is 26.3 Å². The standard InChI is InChI=1S/C17H20N2OS2/c1-12-3-5-14(6-4-12)16-11-21-8-7-19(16)17(20)9-15-10-22-13(2)18-15/h3-6,10,16H,7-9,11H2,1-2H3. The average Bonchev–Trinajstić information content (AvgIpc) is 2.93. The van der Waals surface area contributed by atoms with Crippen LogP contribution in [-0.4, -0.2) is 33.8 Å². The molecule has 5 heteroatoms. The van der Waals surface area contributed by atoms with Gasteiger partial charge in [-0.1, -0.05) is 29.8 Å². The minimum absolute atomic E-state index is 0.187. The fourth-order valence-electron chi connectivity index (χ4n) is 2.71. The first-order valence-electron chi connectivity index (χ1n) is 7.48. The quantitative estimate of drug-likeness (QED) is 0.861. The van der Waals surface area contributed by atoms with Gasteiger partial charge in [-0.15, -0.1) is 11.3 Å². The van der Waals surface area contributed by atoms with E-state index in [-0.39, 0.29) is 11.9 Å². The van der Waals surface area contributed by atoms with Crippen LogP contribution in [0.1, 0.15) is 27.9 Å². The van der Waals surface area contributed by atoms with E-state index in [4.69, 9.17) is 0 Å². The maximum absolute atomic E-state index is 12.7. The van der Waals surface area contributed by atoms with Gasteiger partial charge in [0.15, 0.2) is 0 Å². The number of thiazole rings is 1. The fraction of sp³-hybridized carbons (Fsp3) is 0.412. The van der Waals surface area contributed by atoms with Crippen LogP contribution in [0.3, 0.4) is 0 Å². The smallest absolute Gasteiger partial charge is 0.229 e. The van der Waals surface area contributed by atoms with Crippen LogP contribution < -0.4 is 0 Å². The molecule has 0 saturated carbocycles. The Bertz CT molecular complexity index is 651. The maximum Gasteiger partial charge on any atom is 0.229 e. The number of carbonyl (C=O) groups excluding carboxylic acids is 1. The number of thioether (sulfide) groups is 1. The van der Waals surface area contributed by atoms with E-state index in [0.29, 0.717) is 6.42 Å². The van der Waals surface area contributed by atoms with Gasteiger partial charge < -0.3 is 4.90 Å². The molecule has 1 aromatic carbocycles. The molecule has 2 heterocycles. The zero-order valence-electron chi connectivity index (χ0n) is 12.9. The molecule has 1 unspecified atom stereocenters. The molecule has 3 rings (SSSR count). The molecule has 1 aliphatic heterocycles. The zero-order chi connectivity index (χ0) is 15.5. The lowest BCUT2D eigenvalue weighted by molar-refractivity contribution is -0.132. The number of amides is 1. The molecular weight excluding hydrogens is 312 g/mol. The second kappa shape index (κ2) is 6.84. The third kappa shape index (κ3) is 3.52. The summed E-state index contributed by atoms with van der Waals surface area (Å²) in [4.78, 5) is 19.2.